The third-order valence-electron chi connectivity index (χ3n) is 5.25. The van der Waals surface area contributed by atoms with Crippen LogP contribution in [0.5, 0.6) is 5.88 Å². The van der Waals surface area contributed by atoms with Crippen LogP contribution in [0.25, 0.3) is 33.7 Å². The van der Waals surface area contributed by atoms with Crippen molar-refractivity contribution in [2.75, 3.05) is 13.2 Å². The minimum absolute atomic E-state index is 0.267. The number of halogens is 1. The molecule has 4 heterocycles. The fraction of sp³-hybridized carbons (Fsp3) is 0.160. The van der Waals surface area contributed by atoms with Crippen LogP contribution in [0.4, 0.5) is 4.39 Å². The van der Waals surface area contributed by atoms with Crippen LogP contribution in [0.15, 0.2) is 60.9 Å². The second-order valence-electron chi connectivity index (χ2n) is 7.75. The average molecular weight is 455 g/mol. The number of rotatable bonds is 7. The van der Waals surface area contributed by atoms with Crippen LogP contribution in [-0.2, 0) is 6.42 Å². The Morgan fingerprint density at radius 2 is 1.91 bits per heavy atom. The Labute approximate surface area is 195 Å². The summed E-state index contributed by atoms with van der Waals surface area (Å²) in [5.41, 5.74) is 11.2. The minimum Gasteiger partial charge on any atom is -0.475 e. The van der Waals surface area contributed by atoms with Crippen molar-refractivity contribution in [1.29, 1.82) is 0 Å². The number of imidazole rings is 1. The summed E-state index contributed by atoms with van der Waals surface area (Å²) in [5.74, 6) is 0.499. The molecule has 0 saturated heterocycles. The van der Waals surface area contributed by atoms with E-state index in [1.54, 1.807) is 18.3 Å². The van der Waals surface area contributed by atoms with Gasteiger partial charge in [0, 0.05) is 36.0 Å². The molecular formula is C25H22FN7O. The van der Waals surface area contributed by atoms with Crippen molar-refractivity contribution in [3.63, 3.8) is 0 Å². The van der Waals surface area contributed by atoms with E-state index in [0.717, 1.165) is 28.2 Å². The van der Waals surface area contributed by atoms with Crippen molar-refractivity contribution in [1.82, 2.24) is 29.9 Å². The third kappa shape index (κ3) is 4.46. The summed E-state index contributed by atoms with van der Waals surface area (Å²) in [5, 5.41) is 0. The lowest BCUT2D eigenvalue weighted by Crippen LogP contribution is -2.11. The largest absolute Gasteiger partial charge is 0.475 e. The van der Waals surface area contributed by atoms with E-state index in [0.29, 0.717) is 41.6 Å². The van der Waals surface area contributed by atoms with Gasteiger partial charge < -0.3 is 15.5 Å². The van der Waals surface area contributed by atoms with E-state index in [1.165, 1.54) is 6.20 Å². The van der Waals surface area contributed by atoms with Crippen molar-refractivity contribution in [3.8, 4) is 28.5 Å². The number of nitrogens with two attached hydrogens (primary N) is 1. The molecule has 0 aliphatic carbocycles. The highest BCUT2D eigenvalue weighted by molar-refractivity contribution is 5.85. The molecule has 0 amide bonds. The summed E-state index contributed by atoms with van der Waals surface area (Å²) >= 11 is 0. The van der Waals surface area contributed by atoms with Gasteiger partial charge in [0.25, 0.3) is 0 Å². The molecule has 9 heteroatoms. The number of aromatic amines is 1. The van der Waals surface area contributed by atoms with Gasteiger partial charge in [-0.3, -0.25) is 4.98 Å². The molecule has 5 aromatic rings. The summed E-state index contributed by atoms with van der Waals surface area (Å²) in [7, 11) is 0. The average Bonchev–Trinajstić information content (AvgIpc) is 3.27. The molecule has 0 bridgehead atoms. The van der Waals surface area contributed by atoms with Crippen LogP contribution in [-0.4, -0.2) is 43.1 Å². The maximum absolute atomic E-state index is 14.2. The first kappa shape index (κ1) is 21.6. The van der Waals surface area contributed by atoms with Gasteiger partial charge in [-0.2, -0.15) is 4.39 Å². The Bertz CT molecular complexity index is 1470. The Hall–Kier alpha value is -4.24. The summed E-state index contributed by atoms with van der Waals surface area (Å²) in [6.45, 7) is 2.68. The fourth-order valence-corrected chi connectivity index (χ4v) is 3.69. The summed E-state index contributed by atoms with van der Waals surface area (Å²) in [4.78, 5) is 25.5. The van der Waals surface area contributed by atoms with Crippen LogP contribution in [0, 0.1) is 12.9 Å². The molecule has 0 spiro atoms. The number of aryl methyl sites for hydroxylation is 1. The van der Waals surface area contributed by atoms with Crippen molar-refractivity contribution in [2.24, 2.45) is 5.73 Å². The van der Waals surface area contributed by atoms with E-state index in [1.807, 2.05) is 43.3 Å². The molecule has 5 rings (SSSR count). The molecule has 3 N–H and O–H groups in total. The molecule has 8 nitrogen and oxygen atoms in total. The smallest absolute Gasteiger partial charge is 0.232 e. The Kier molecular flexibility index (Phi) is 5.92. The highest BCUT2D eigenvalue weighted by Crippen LogP contribution is 2.31. The first-order valence-electron chi connectivity index (χ1n) is 10.8. The van der Waals surface area contributed by atoms with E-state index < -0.39 is 5.95 Å². The molecule has 0 aliphatic rings. The lowest BCUT2D eigenvalue weighted by molar-refractivity contribution is 0.315. The molecule has 0 radical (unpaired) electrons. The van der Waals surface area contributed by atoms with E-state index >= 15 is 0 Å². The number of aromatic nitrogens is 6. The topological polar surface area (TPSA) is 115 Å². The van der Waals surface area contributed by atoms with E-state index in [4.69, 9.17) is 15.5 Å². The summed E-state index contributed by atoms with van der Waals surface area (Å²) in [6, 6.07) is 14.9. The molecule has 170 valence electrons. The molecule has 0 fully saturated rings. The van der Waals surface area contributed by atoms with Gasteiger partial charge >= 0.3 is 0 Å². The van der Waals surface area contributed by atoms with Crippen molar-refractivity contribution in [2.45, 2.75) is 13.3 Å². The number of hydrogen-bond donors (Lipinski definition) is 2. The zero-order chi connectivity index (χ0) is 23.5. The summed E-state index contributed by atoms with van der Waals surface area (Å²) in [6.07, 6.45) is 3.27. The lowest BCUT2D eigenvalue weighted by Gasteiger charge is -2.07. The van der Waals surface area contributed by atoms with Crippen molar-refractivity contribution >= 4 is 11.0 Å². The molecule has 0 saturated carbocycles. The number of benzene rings is 1. The molecule has 34 heavy (non-hydrogen) atoms. The number of pyridine rings is 2. The molecule has 4 aromatic heterocycles. The SMILES string of the molecule is Cc1cccc(-c2[nH]c(Cc3cccnc3F)nc2-c2ccc3ncc(OCCN)nc3c2)n1. The molecular weight excluding hydrogens is 433 g/mol. The van der Waals surface area contributed by atoms with Crippen molar-refractivity contribution < 1.29 is 9.13 Å². The second-order valence-corrected chi connectivity index (χ2v) is 7.75. The van der Waals surface area contributed by atoms with Gasteiger partial charge in [-0.25, -0.2) is 19.9 Å². The molecule has 1 aromatic carbocycles. The third-order valence-corrected chi connectivity index (χ3v) is 5.25. The van der Waals surface area contributed by atoms with E-state index in [2.05, 4.69) is 24.9 Å². The quantitative estimate of drug-likeness (QED) is 0.358. The van der Waals surface area contributed by atoms with Crippen molar-refractivity contribution in [3.05, 3.63) is 84.0 Å². The highest BCUT2D eigenvalue weighted by Gasteiger charge is 2.18. The molecule has 0 aliphatic heterocycles. The highest BCUT2D eigenvalue weighted by atomic mass is 19.1. The van der Waals surface area contributed by atoms with Gasteiger partial charge in [0.05, 0.1) is 34.3 Å². The van der Waals surface area contributed by atoms with Crippen LogP contribution >= 0.6 is 0 Å². The first-order valence-corrected chi connectivity index (χ1v) is 10.8. The molecule has 0 unspecified atom stereocenters. The number of H-pyrrole nitrogens is 1. The Balaban J connectivity index is 1.60. The second kappa shape index (κ2) is 9.32. The Morgan fingerprint density at radius 3 is 2.74 bits per heavy atom. The van der Waals surface area contributed by atoms with Gasteiger partial charge in [-0.15, -0.1) is 0 Å². The first-order chi connectivity index (χ1) is 16.6. The lowest BCUT2D eigenvalue weighted by atomic mass is 10.1. The number of fused-ring (bicyclic) bond motifs is 1. The van der Waals surface area contributed by atoms with Crippen LogP contribution in [0.2, 0.25) is 0 Å². The van der Waals surface area contributed by atoms with Gasteiger partial charge in [0.1, 0.15) is 12.4 Å². The predicted molar refractivity (Wildman–Crippen MR) is 127 cm³/mol. The van der Waals surface area contributed by atoms with Crippen LogP contribution in [0.3, 0.4) is 0 Å². The maximum atomic E-state index is 14.2. The standard InChI is InChI=1S/C25H22FN7O/c1-15-4-2-6-19(30-15)24-23(32-21(33-24)13-17-5-3-10-28-25(17)26)16-7-8-18-20(12-16)31-22(14-29-18)34-11-9-27/h2-8,10,12,14H,9,11,13,27H2,1H3,(H,32,33). The van der Waals surface area contributed by atoms with Gasteiger partial charge in [0.15, 0.2) is 0 Å². The monoisotopic (exact) mass is 455 g/mol. The minimum atomic E-state index is -0.512. The van der Waals surface area contributed by atoms with Gasteiger partial charge in [-0.05, 0) is 37.3 Å². The number of ether oxygens (including phenoxy) is 1. The van der Waals surface area contributed by atoms with Gasteiger partial charge in [0.2, 0.25) is 11.8 Å². The fourth-order valence-electron chi connectivity index (χ4n) is 3.69. The number of nitrogens with zero attached hydrogens (tertiary/aromatic N) is 5. The Morgan fingerprint density at radius 1 is 1.00 bits per heavy atom. The van der Waals surface area contributed by atoms with Gasteiger partial charge in [-0.1, -0.05) is 18.2 Å². The summed E-state index contributed by atoms with van der Waals surface area (Å²) < 4.78 is 19.7. The van der Waals surface area contributed by atoms with Crippen LogP contribution < -0.4 is 10.5 Å². The number of nitrogens with one attached hydrogen (secondary N) is 1. The van der Waals surface area contributed by atoms with E-state index in [-0.39, 0.29) is 6.42 Å². The van der Waals surface area contributed by atoms with Crippen LogP contribution in [0.1, 0.15) is 17.1 Å². The van der Waals surface area contributed by atoms with E-state index in [9.17, 15) is 4.39 Å². The zero-order valence-electron chi connectivity index (χ0n) is 18.5. The maximum Gasteiger partial charge on any atom is 0.232 e. The number of hydrogen-bond acceptors (Lipinski definition) is 7. The zero-order valence-corrected chi connectivity index (χ0v) is 18.5. The predicted octanol–water partition coefficient (Wildman–Crippen LogP) is 3.85. The molecule has 0 atom stereocenters. The normalized spacial score (nSPS) is 11.1.